The molecule has 3 aromatic heterocycles. The minimum atomic E-state index is -0.319. The highest BCUT2D eigenvalue weighted by molar-refractivity contribution is 6.11. The number of imidazole rings is 1. The summed E-state index contributed by atoms with van der Waals surface area (Å²) >= 11 is 0. The van der Waals surface area contributed by atoms with E-state index >= 15 is 0 Å². The van der Waals surface area contributed by atoms with Crippen molar-refractivity contribution in [3.05, 3.63) is 71.4 Å². The van der Waals surface area contributed by atoms with E-state index in [-0.39, 0.29) is 11.7 Å². The normalized spacial score (nSPS) is 13.2. The Morgan fingerprint density at radius 1 is 1.06 bits per heavy atom. The Labute approximate surface area is 186 Å². The molecule has 0 radical (unpaired) electrons. The molecule has 164 valence electrons. The number of nitrogens with zero attached hydrogens (tertiary/aromatic N) is 3. The predicted molar refractivity (Wildman–Crippen MR) is 124 cm³/mol. The van der Waals surface area contributed by atoms with Crippen molar-refractivity contribution in [3.63, 3.8) is 0 Å². The Bertz CT molecular complexity index is 1250. The lowest BCUT2D eigenvalue weighted by Crippen LogP contribution is -2.16. The van der Waals surface area contributed by atoms with Crippen LogP contribution in [0.5, 0.6) is 0 Å². The number of pyridine rings is 2. The summed E-state index contributed by atoms with van der Waals surface area (Å²) in [6.07, 6.45) is 5.18. The van der Waals surface area contributed by atoms with Crippen LogP contribution in [-0.4, -0.2) is 25.8 Å². The lowest BCUT2D eigenvalue weighted by molar-refractivity contribution is 0.102. The van der Waals surface area contributed by atoms with E-state index in [1.807, 2.05) is 32.9 Å². The first-order chi connectivity index (χ1) is 15.6. The fraction of sp³-hybridized carbons (Fsp3) is 0.280. The topological polar surface area (TPSA) is 83.6 Å². The maximum atomic E-state index is 13.2. The van der Waals surface area contributed by atoms with Crippen molar-refractivity contribution >= 4 is 22.8 Å². The number of aryl methyl sites for hydroxylation is 1. The molecule has 1 amide bonds. The average Bonchev–Trinajstić information content (AvgIpc) is 3.20. The summed E-state index contributed by atoms with van der Waals surface area (Å²) in [6.45, 7) is 5.91. The molecule has 6 nitrogen and oxygen atoms in total. The van der Waals surface area contributed by atoms with Gasteiger partial charge in [-0.1, -0.05) is 20.3 Å². The van der Waals surface area contributed by atoms with Gasteiger partial charge < -0.3 is 10.3 Å². The Morgan fingerprint density at radius 2 is 1.81 bits per heavy atom. The molecule has 0 saturated heterocycles. The third-order valence-corrected chi connectivity index (χ3v) is 5.63. The van der Waals surface area contributed by atoms with Crippen molar-refractivity contribution in [1.29, 1.82) is 0 Å². The first-order valence-electron chi connectivity index (χ1n) is 11.0. The minimum absolute atomic E-state index is 0.266. The van der Waals surface area contributed by atoms with E-state index < -0.39 is 0 Å². The molecule has 1 aliphatic carbocycles. The zero-order valence-electron chi connectivity index (χ0n) is 18.4. The first kappa shape index (κ1) is 21.6. The van der Waals surface area contributed by atoms with Crippen LogP contribution in [-0.2, 0) is 0 Å². The number of aromatic amines is 1. The van der Waals surface area contributed by atoms with Crippen molar-refractivity contribution in [2.45, 2.75) is 46.0 Å². The van der Waals surface area contributed by atoms with E-state index in [4.69, 9.17) is 0 Å². The summed E-state index contributed by atoms with van der Waals surface area (Å²) < 4.78 is 13.2. The summed E-state index contributed by atoms with van der Waals surface area (Å²) in [7, 11) is 0. The fourth-order valence-electron chi connectivity index (χ4n) is 3.68. The molecule has 3 heterocycles. The van der Waals surface area contributed by atoms with E-state index in [2.05, 4.69) is 25.3 Å². The molecule has 32 heavy (non-hydrogen) atoms. The molecular formula is C25H26FN5O. The number of H-pyrrole nitrogens is 1. The number of carbonyl (C=O) groups is 1. The number of nitrogens with one attached hydrogen (secondary N) is 2. The second-order valence-corrected chi connectivity index (χ2v) is 7.60. The number of halogens is 1. The monoisotopic (exact) mass is 431 g/mol. The molecule has 1 fully saturated rings. The fourth-order valence-corrected chi connectivity index (χ4v) is 3.68. The first-order valence-corrected chi connectivity index (χ1v) is 11.0. The Morgan fingerprint density at radius 3 is 2.47 bits per heavy atom. The van der Waals surface area contributed by atoms with Crippen LogP contribution in [0.2, 0.25) is 0 Å². The number of amides is 1. The van der Waals surface area contributed by atoms with Crippen LogP contribution in [0.4, 0.5) is 10.1 Å². The summed E-state index contributed by atoms with van der Waals surface area (Å²) in [6, 6.07) is 11.6. The molecule has 0 bridgehead atoms. The number of hydrogen-bond donors (Lipinski definition) is 2. The van der Waals surface area contributed by atoms with Crippen LogP contribution in [0, 0.1) is 12.7 Å². The number of fused-ring (bicyclic) bond motifs is 1. The van der Waals surface area contributed by atoms with Gasteiger partial charge in [-0.05, 0) is 62.2 Å². The zero-order chi connectivity index (χ0) is 22.7. The van der Waals surface area contributed by atoms with E-state index in [9.17, 15) is 9.18 Å². The molecule has 1 aliphatic rings. The summed E-state index contributed by atoms with van der Waals surface area (Å²) in [5.41, 5.74) is 4.69. The largest absolute Gasteiger partial charge is 0.336 e. The molecule has 0 unspecified atom stereocenters. The second kappa shape index (κ2) is 9.26. The molecule has 4 aromatic rings. The van der Waals surface area contributed by atoms with Gasteiger partial charge >= 0.3 is 0 Å². The van der Waals surface area contributed by atoms with E-state index in [1.165, 1.54) is 31.4 Å². The summed E-state index contributed by atoms with van der Waals surface area (Å²) in [5, 5.41) is 2.95. The average molecular weight is 432 g/mol. The number of carbonyl (C=O) groups excluding carboxylic acids is 1. The standard InChI is InChI=1S/C23H20FN5O.C2H6/c1-13-18(9-10-19(26-13)14-3-2-4-14)27-23(30)17-11-12-25-22-20(17)28-21(29-22)15-5-7-16(24)8-6-15;1-2/h5-12,14H,2-4H2,1H3,(H,27,30)(H,25,28,29);1-2H3. The van der Waals surface area contributed by atoms with Gasteiger partial charge in [0.25, 0.3) is 5.91 Å². The SMILES string of the molecule is CC.Cc1nc(C2CCC2)ccc1NC(=O)c1ccnc2nc(-c3ccc(F)cc3)[nH]c12. The van der Waals surface area contributed by atoms with Gasteiger partial charge in [0.1, 0.15) is 11.6 Å². The van der Waals surface area contributed by atoms with Gasteiger partial charge in [-0.2, -0.15) is 0 Å². The molecule has 7 heteroatoms. The second-order valence-electron chi connectivity index (χ2n) is 7.60. The number of rotatable bonds is 4. The van der Waals surface area contributed by atoms with E-state index in [1.54, 1.807) is 24.4 Å². The van der Waals surface area contributed by atoms with Gasteiger partial charge in [-0.3, -0.25) is 9.78 Å². The lowest BCUT2D eigenvalue weighted by Gasteiger charge is -2.25. The molecule has 1 saturated carbocycles. The molecule has 5 rings (SSSR count). The lowest BCUT2D eigenvalue weighted by atomic mass is 9.82. The van der Waals surface area contributed by atoms with Gasteiger partial charge in [0.2, 0.25) is 0 Å². The van der Waals surface area contributed by atoms with Crippen molar-refractivity contribution in [3.8, 4) is 11.4 Å². The summed E-state index contributed by atoms with van der Waals surface area (Å²) in [4.78, 5) is 29.5. The van der Waals surface area contributed by atoms with Gasteiger partial charge in [-0.15, -0.1) is 0 Å². The van der Waals surface area contributed by atoms with Gasteiger partial charge in [0, 0.05) is 23.4 Å². The van der Waals surface area contributed by atoms with Crippen molar-refractivity contribution in [1.82, 2.24) is 19.9 Å². The Balaban J connectivity index is 0.00000119. The summed E-state index contributed by atoms with van der Waals surface area (Å²) in [5.74, 6) is 0.488. The Kier molecular flexibility index (Phi) is 6.25. The highest BCUT2D eigenvalue weighted by Crippen LogP contribution is 2.36. The number of aromatic nitrogens is 4. The minimum Gasteiger partial charge on any atom is -0.336 e. The van der Waals surface area contributed by atoms with Crippen molar-refractivity contribution in [2.75, 3.05) is 5.32 Å². The van der Waals surface area contributed by atoms with Crippen LogP contribution < -0.4 is 5.32 Å². The molecule has 0 aliphatic heterocycles. The molecule has 1 aromatic carbocycles. The predicted octanol–water partition coefficient (Wildman–Crippen LogP) is 6.01. The highest BCUT2D eigenvalue weighted by atomic mass is 19.1. The van der Waals surface area contributed by atoms with Crippen LogP contribution in [0.25, 0.3) is 22.6 Å². The van der Waals surface area contributed by atoms with Crippen molar-refractivity contribution < 1.29 is 9.18 Å². The molecule has 0 spiro atoms. The maximum Gasteiger partial charge on any atom is 0.258 e. The van der Waals surface area contributed by atoms with E-state index in [0.717, 1.165) is 11.4 Å². The quantitative estimate of drug-likeness (QED) is 0.414. The van der Waals surface area contributed by atoms with Crippen LogP contribution in [0.3, 0.4) is 0 Å². The molecule has 0 atom stereocenters. The highest BCUT2D eigenvalue weighted by Gasteiger charge is 2.22. The van der Waals surface area contributed by atoms with Gasteiger partial charge in [-0.25, -0.2) is 14.4 Å². The van der Waals surface area contributed by atoms with Gasteiger partial charge in [0.15, 0.2) is 5.65 Å². The molecule has 2 N–H and O–H groups in total. The third kappa shape index (κ3) is 4.23. The smallest absolute Gasteiger partial charge is 0.258 e. The number of hydrogen-bond acceptors (Lipinski definition) is 4. The van der Waals surface area contributed by atoms with Crippen molar-refractivity contribution in [2.24, 2.45) is 0 Å². The molecular weight excluding hydrogens is 405 g/mol. The maximum absolute atomic E-state index is 13.2. The van der Waals surface area contributed by atoms with E-state index in [0.29, 0.717) is 39.7 Å². The van der Waals surface area contributed by atoms with Crippen LogP contribution >= 0.6 is 0 Å². The zero-order valence-corrected chi connectivity index (χ0v) is 18.4. The Hall–Kier alpha value is -3.61. The number of benzene rings is 1. The number of anilines is 1. The van der Waals surface area contributed by atoms with Gasteiger partial charge in [0.05, 0.1) is 22.5 Å². The van der Waals surface area contributed by atoms with Crippen LogP contribution in [0.1, 0.15) is 60.8 Å². The third-order valence-electron chi connectivity index (χ3n) is 5.63. The van der Waals surface area contributed by atoms with Crippen LogP contribution in [0.15, 0.2) is 48.7 Å².